The Labute approximate surface area is 122 Å². The smallest absolute Gasteiger partial charge is 0.279 e. The lowest BCUT2D eigenvalue weighted by Gasteiger charge is -2.40. The first-order valence-corrected chi connectivity index (χ1v) is 9.14. The van der Waals surface area contributed by atoms with Gasteiger partial charge in [-0.15, -0.1) is 0 Å². The van der Waals surface area contributed by atoms with E-state index in [1.165, 1.54) is 4.31 Å². The lowest BCUT2D eigenvalue weighted by Crippen LogP contribution is -2.51. The van der Waals surface area contributed by atoms with E-state index in [1.807, 2.05) is 0 Å². The normalized spacial score (nSPS) is 27.4. The molecule has 118 valence electrons. The fourth-order valence-electron chi connectivity index (χ4n) is 2.99. The van der Waals surface area contributed by atoms with Crippen molar-refractivity contribution in [2.75, 3.05) is 19.6 Å². The van der Waals surface area contributed by atoms with Gasteiger partial charge in [-0.05, 0) is 43.9 Å². The first kappa shape index (κ1) is 16.2. The second kappa shape index (κ2) is 5.91. The van der Waals surface area contributed by atoms with Crippen LogP contribution in [0, 0.1) is 5.41 Å². The summed E-state index contributed by atoms with van der Waals surface area (Å²) in [5.41, 5.74) is -0.615. The van der Waals surface area contributed by atoms with Crippen LogP contribution in [0.2, 0.25) is 0 Å². The fourth-order valence-corrected chi connectivity index (χ4v) is 4.36. The molecule has 1 aliphatic heterocycles. The number of hydrogen-bond acceptors (Lipinski definition) is 3. The Bertz CT molecular complexity index is 418. The van der Waals surface area contributed by atoms with Gasteiger partial charge >= 0.3 is 0 Å². The molecule has 1 saturated heterocycles. The maximum atomic E-state index is 12.2. The molecule has 1 heterocycles. The monoisotopic (exact) mass is 304 g/mol. The summed E-state index contributed by atoms with van der Waals surface area (Å²) >= 11 is 0. The van der Waals surface area contributed by atoms with Crippen LogP contribution in [0.5, 0.6) is 0 Å². The molecule has 2 rings (SSSR count). The lowest BCUT2D eigenvalue weighted by molar-refractivity contribution is -0.0208. The Morgan fingerprint density at radius 3 is 2.15 bits per heavy atom. The van der Waals surface area contributed by atoms with Crippen LogP contribution in [-0.4, -0.2) is 43.1 Å². The Hall–Kier alpha value is -0.170. The van der Waals surface area contributed by atoms with Crippen molar-refractivity contribution in [3.8, 4) is 0 Å². The van der Waals surface area contributed by atoms with Gasteiger partial charge in [0, 0.05) is 19.6 Å². The number of nitrogens with zero attached hydrogens (tertiary/aromatic N) is 1. The number of piperidine rings is 1. The van der Waals surface area contributed by atoms with Crippen molar-refractivity contribution in [1.82, 2.24) is 9.03 Å². The molecule has 1 aliphatic carbocycles. The number of aliphatic hydroxyl groups is 1. The maximum Gasteiger partial charge on any atom is 0.279 e. The van der Waals surface area contributed by atoms with Crippen LogP contribution < -0.4 is 4.72 Å². The molecular weight excluding hydrogens is 276 g/mol. The highest BCUT2D eigenvalue weighted by Gasteiger charge is 2.38. The molecule has 2 aliphatic rings. The van der Waals surface area contributed by atoms with Crippen LogP contribution in [0.15, 0.2) is 0 Å². The van der Waals surface area contributed by atoms with Crippen molar-refractivity contribution in [1.29, 1.82) is 0 Å². The summed E-state index contributed by atoms with van der Waals surface area (Å²) in [5, 5.41) is 10.5. The number of rotatable bonds is 4. The predicted molar refractivity (Wildman–Crippen MR) is 79.5 cm³/mol. The van der Waals surface area contributed by atoms with E-state index >= 15 is 0 Å². The van der Waals surface area contributed by atoms with E-state index in [4.69, 9.17) is 0 Å². The van der Waals surface area contributed by atoms with Crippen molar-refractivity contribution in [2.24, 2.45) is 5.41 Å². The van der Waals surface area contributed by atoms with Gasteiger partial charge in [0.25, 0.3) is 10.2 Å². The highest BCUT2D eigenvalue weighted by Crippen LogP contribution is 2.39. The first-order valence-electron chi connectivity index (χ1n) is 7.70. The molecule has 0 amide bonds. The molecule has 0 spiro atoms. The van der Waals surface area contributed by atoms with E-state index < -0.39 is 15.8 Å². The first-order chi connectivity index (χ1) is 9.23. The summed E-state index contributed by atoms with van der Waals surface area (Å²) in [6.07, 6.45) is 6.18. The van der Waals surface area contributed by atoms with Crippen molar-refractivity contribution < 1.29 is 13.5 Å². The summed E-state index contributed by atoms with van der Waals surface area (Å²) in [4.78, 5) is 0. The van der Waals surface area contributed by atoms with Crippen LogP contribution in [0.1, 0.15) is 58.8 Å². The SMILES string of the molecule is CC1(C)CCC(O)(CNS(=O)(=O)N2CCCCC2)CC1. The van der Waals surface area contributed by atoms with Crippen molar-refractivity contribution in [2.45, 2.75) is 64.4 Å². The maximum absolute atomic E-state index is 12.2. The van der Waals surface area contributed by atoms with Gasteiger partial charge in [0.2, 0.25) is 0 Å². The molecule has 2 fully saturated rings. The molecule has 20 heavy (non-hydrogen) atoms. The molecule has 0 unspecified atom stereocenters. The van der Waals surface area contributed by atoms with E-state index in [1.54, 1.807) is 0 Å². The van der Waals surface area contributed by atoms with Gasteiger partial charge in [0.05, 0.1) is 5.60 Å². The largest absolute Gasteiger partial charge is 0.389 e. The molecule has 6 heteroatoms. The van der Waals surface area contributed by atoms with E-state index in [2.05, 4.69) is 18.6 Å². The average molecular weight is 304 g/mol. The van der Waals surface area contributed by atoms with Crippen molar-refractivity contribution >= 4 is 10.2 Å². The standard InChI is InChI=1S/C14H28N2O3S/c1-13(2)6-8-14(17,9-7-13)12-15-20(18,19)16-10-4-3-5-11-16/h15,17H,3-12H2,1-2H3. The van der Waals surface area contributed by atoms with Gasteiger partial charge in [0.1, 0.15) is 0 Å². The Kier molecular flexibility index (Phi) is 4.79. The molecule has 0 radical (unpaired) electrons. The third-order valence-corrected chi connectivity index (χ3v) is 6.33. The van der Waals surface area contributed by atoms with Crippen molar-refractivity contribution in [3.63, 3.8) is 0 Å². The van der Waals surface area contributed by atoms with E-state index in [0.29, 0.717) is 25.9 Å². The molecule has 2 N–H and O–H groups in total. The zero-order chi connectivity index (χ0) is 14.9. The van der Waals surface area contributed by atoms with Gasteiger partial charge < -0.3 is 5.11 Å². The van der Waals surface area contributed by atoms with E-state index in [0.717, 1.165) is 32.1 Å². The number of nitrogens with one attached hydrogen (secondary N) is 1. The molecule has 0 aromatic rings. The van der Waals surface area contributed by atoms with Gasteiger partial charge in [-0.2, -0.15) is 17.4 Å². The molecule has 5 nitrogen and oxygen atoms in total. The highest BCUT2D eigenvalue weighted by molar-refractivity contribution is 7.87. The molecule has 1 saturated carbocycles. The third-order valence-electron chi connectivity index (χ3n) is 4.77. The van der Waals surface area contributed by atoms with Gasteiger partial charge in [-0.25, -0.2) is 0 Å². The summed E-state index contributed by atoms with van der Waals surface area (Å²) in [7, 11) is -3.43. The number of hydrogen-bond donors (Lipinski definition) is 2. The second-order valence-electron chi connectivity index (χ2n) is 7.17. The average Bonchev–Trinajstić information content (AvgIpc) is 2.42. The Morgan fingerprint density at radius 1 is 1.05 bits per heavy atom. The van der Waals surface area contributed by atoms with E-state index in [9.17, 15) is 13.5 Å². The van der Waals surface area contributed by atoms with Crippen molar-refractivity contribution in [3.05, 3.63) is 0 Å². The van der Waals surface area contributed by atoms with Crippen LogP contribution in [0.4, 0.5) is 0 Å². The van der Waals surface area contributed by atoms with Crippen LogP contribution >= 0.6 is 0 Å². The fraction of sp³-hybridized carbons (Fsp3) is 1.00. The quantitative estimate of drug-likeness (QED) is 0.829. The predicted octanol–water partition coefficient (Wildman–Crippen LogP) is 1.64. The molecule has 0 aromatic heterocycles. The highest BCUT2D eigenvalue weighted by atomic mass is 32.2. The summed E-state index contributed by atoms with van der Waals surface area (Å²) in [6, 6.07) is 0. The van der Waals surface area contributed by atoms with Crippen LogP contribution in [-0.2, 0) is 10.2 Å². The summed E-state index contributed by atoms with van der Waals surface area (Å²) < 4.78 is 28.5. The van der Waals surface area contributed by atoms with Gasteiger partial charge in [0.15, 0.2) is 0 Å². The summed E-state index contributed by atoms with van der Waals surface area (Å²) in [5.74, 6) is 0. The summed E-state index contributed by atoms with van der Waals surface area (Å²) in [6.45, 7) is 5.73. The molecule has 0 aromatic carbocycles. The molecule has 0 bridgehead atoms. The Balaban J connectivity index is 1.87. The zero-order valence-corrected chi connectivity index (χ0v) is 13.5. The van der Waals surface area contributed by atoms with E-state index in [-0.39, 0.29) is 12.0 Å². The lowest BCUT2D eigenvalue weighted by atomic mass is 9.71. The second-order valence-corrected chi connectivity index (χ2v) is 8.93. The minimum absolute atomic E-state index is 0.141. The molecular formula is C14H28N2O3S. The Morgan fingerprint density at radius 2 is 1.60 bits per heavy atom. The minimum Gasteiger partial charge on any atom is -0.389 e. The topological polar surface area (TPSA) is 69.6 Å². The minimum atomic E-state index is -3.43. The molecule has 0 atom stereocenters. The van der Waals surface area contributed by atoms with Gasteiger partial charge in [-0.1, -0.05) is 20.3 Å². The van der Waals surface area contributed by atoms with Crippen LogP contribution in [0.25, 0.3) is 0 Å². The van der Waals surface area contributed by atoms with Crippen LogP contribution in [0.3, 0.4) is 0 Å². The zero-order valence-electron chi connectivity index (χ0n) is 12.7. The third kappa shape index (κ3) is 4.16. The van der Waals surface area contributed by atoms with Gasteiger partial charge in [-0.3, -0.25) is 0 Å².